The van der Waals surface area contributed by atoms with Gasteiger partial charge in [-0.05, 0) is 104 Å². The van der Waals surface area contributed by atoms with E-state index in [-0.39, 0.29) is 42.9 Å². The third kappa shape index (κ3) is 31.1. The number of aliphatic hydroxyl groups is 2. The van der Waals surface area contributed by atoms with E-state index in [1.54, 1.807) is 44.2 Å². The molecule has 1 unspecified atom stereocenters. The van der Waals surface area contributed by atoms with Gasteiger partial charge in [0.05, 0.1) is 68.0 Å². The lowest BCUT2D eigenvalue weighted by molar-refractivity contribution is -0.147. The summed E-state index contributed by atoms with van der Waals surface area (Å²) in [4.78, 5) is 234. The first kappa shape index (κ1) is 92.8. The summed E-state index contributed by atoms with van der Waals surface area (Å²) in [6.07, 6.45) is -12.5. The Hall–Kier alpha value is -11.6. The zero-order valence-corrected chi connectivity index (χ0v) is 62.3. The molecule has 15 atom stereocenters. The minimum absolute atomic E-state index is 0.00584. The number of phenols is 2. The smallest absolute Gasteiger partial charge is 0.305 e. The number of amides is 7. The molecule has 3 aromatic rings. The molecule has 0 radical (unpaired) electrons. The molecule has 3 aromatic carbocycles. The van der Waals surface area contributed by atoms with Crippen molar-refractivity contribution in [3.8, 4) is 11.5 Å². The maximum atomic E-state index is 14.9. The molecule has 37 nitrogen and oxygen atoms in total. The lowest BCUT2D eigenvalue weighted by atomic mass is 9.84. The molecular formula is C75H99N11O26. The quantitative estimate of drug-likeness (QED) is 0.0214. The molecule has 1 heterocycles. The van der Waals surface area contributed by atoms with Gasteiger partial charge in [-0.2, -0.15) is 0 Å². The number of rotatable bonds is 52. The summed E-state index contributed by atoms with van der Waals surface area (Å²) in [5.41, 5.74) is 17.1. The minimum atomic E-state index is -2.16. The number of ketones is 5. The van der Waals surface area contributed by atoms with Gasteiger partial charge in [-0.15, -0.1) is 0 Å². The van der Waals surface area contributed by atoms with Gasteiger partial charge in [0.1, 0.15) is 35.7 Å². The van der Waals surface area contributed by atoms with Crippen molar-refractivity contribution in [2.45, 2.75) is 198 Å². The van der Waals surface area contributed by atoms with E-state index in [0.29, 0.717) is 22.4 Å². The van der Waals surface area contributed by atoms with E-state index >= 15 is 0 Å². The number of aliphatic carboxylic acids is 5. The van der Waals surface area contributed by atoms with E-state index in [1.165, 1.54) is 55.5 Å². The number of hydrogen-bond donors (Lipinski definition) is 16. The Balaban J connectivity index is 1.61. The van der Waals surface area contributed by atoms with E-state index in [4.69, 9.17) is 5.73 Å². The van der Waals surface area contributed by atoms with Crippen molar-refractivity contribution in [2.24, 2.45) is 46.4 Å². The molecule has 0 saturated carbocycles. The molecule has 0 aliphatic carbocycles. The Bertz CT molecular complexity index is 3890. The maximum Gasteiger partial charge on any atom is 0.305 e. The number of nitrogens with zero attached hydrogens (tertiary/aromatic N) is 4. The van der Waals surface area contributed by atoms with Gasteiger partial charge in [0.25, 0.3) is 0 Å². The summed E-state index contributed by atoms with van der Waals surface area (Å²) in [7, 11) is 0. The first-order valence-corrected chi connectivity index (χ1v) is 36.4. The lowest BCUT2D eigenvalue weighted by Crippen LogP contribution is -2.58. The fraction of sp³-hybridized carbons (Fsp3) is 0.533. The Labute approximate surface area is 643 Å². The Morgan fingerprint density at radius 3 is 1.41 bits per heavy atom. The number of nitrogens with one attached hydrogen (secondary N) is 6. The van der Waals surface area contributed by atoms with Crippen LogP contribution in [0.25, 0.3) is 10.4 Å². The molecule has 0 spiro atoms. The van der Waals surface area contributed by atoms with Gasteiger partial charge in [0.15, 0.2) is 28.9 Å². The second kappa shape index (κ2) is 46.2. The largest absolute Gasteiger partial charge is 0.508 e. The van der Waals surface area contributed by atoms with Crippen molar-refractivity contribution in [3.63, 3.8) is 0 Å². The molecule has 7 amide bonds. The predicted molar refractivity (Wildman–Crippen MR) is 392 cm³/mol. The number of hydrogen-bond acceptors (Lipinski definition) is 23. The van der Waals surface area contributed by atoms with E-state index < -0.39 is 293 Å². The summed E-state index contributed by atoms with van der Waals surface area (Å²) in [5, 5.41) is 109. The first-order valence-electron chi connectivity index (χ1n) is 36.4. The van der Waals surface area contributed by atoms with Crippen LogP contribution in [0.4, 0.5) is 0 Å². The fourth-order valence-electron chi connectivity index (χ4n) is 12.7. The van der Waals surface area contributed by atoms with Crippen LogP contribution in [0, 0.1) is 35.5 Å². The van der Waals surface area contributed by atoms with Crippen LogP contribution in [-0.4, -0.2) is 225 Å². The van der Waals surface area contributed by atoms with Crippen LogP contribution in [0.1, 0.15) is 141 Å². The van der Waals surface area contributed by atoms with Gasteiger partial charge < -0.3 is 88.5 Å². The number of likely N-dealkylation sites (tertiary alicyclic amines) is 1. The van der Waals surface area contributed by atoms with Crippen LogP contribution in [-0.2, 0) is 101 Å². The second-order valence-corrected chi connectivity index (χ2v) is 27.9. The number of benzene rings is 3. The van der Waals surface area contributed by atoms with Crippen molar-refractivity contribution in [1.29, 1.82) is 0 Å². The van der Waals surface area contributed by atoms with Gasteiger partial charge in [0, 0.05) is 80.7 Å². The van der Waals surface area contributed by atoms with Crippen LogP contribution >= 0.6 is 0 Å². The summed E-state index contributed by atoms with van der Waals surface area (Å²) in [6, 6.07) is 5.50. The lowest BCUT2D eigenvalue weighted by Gasteiger charge is -2.31. The fourth-order valence-corrected chi connectivity index (χ4v) is 12.7. The van der Waals surface area contributed by atoms with Gasteiger partial charge in [0.2, 0.25) is 41.4 Å². The molecule has 610 valence electrons. The first-order chi connectivity index (χ1) is 52.9. The van der Waals surface area contributed by atoms with Gasteiger partial charge >= 0.3 is 29.8 Å². The molecule has 0 bridgehead atoms. The average molecular weight is 1570 g/mol. The van der Waals surface area contributed by atoms with E-state index in [9.17, 15) is 133 Å². The van der Waals surface area contributed by atoms with Gasteiger partial charge in [-0.25, -0.2) is 0 Å². The maximum absolute atomic E-state index is 14.9. The number of nitrogens with two attached hydrogens (primary N) is 1. The molecule has 1 saturated heterocycles. The molecule has 112 heavy (non-hydrogen) atoms. The van der Waals surface area contributed by atoms with Crippen molar-refractivity contribution in [1.82, 2.24) is 36.8 Å². The van der Waals surface area contributed by atoms with Crippen LogP contribution in [0.15, 0.2) is 84.0 Å². The molecular weight excluding hydrogens is 1470 g/mol. The van der Waals surface area contributed by atoms with Crippen LogP contribution < -0.4 is 37.6 Å². The summed E-state index contributed by atoms with van der Waals surface area (Å²) < 4.78 is 0. The van der Waals surface area contributed by atoms with E-state index in [1.807, 2.05) is 0 Å². The monoisotopic (exact) mass is 1570 g/mol. The highest BCUT2D eigenvalue weighted by atomic mass is 16.4. The van der Waals surface area contributed by atoms with Crippen molar-refractivity contribution >= 4 is 100 Å². The molecule has 1 aliphatic heterocycles. The number of aliphatic hydroxyl groups excluding tert-OH is 2. The zero-order chi connectivity index (χ0) is 83.6. The number of Topliss-reactive ketones (excluding diaryl/α,β-unsaturated/α-hetero) is 5. The molecule has 1 fully saturated rings. The summed E-state index contributed by atoms with van der Waals surface area (Å²) >= 11 is 0. The average Bonchev–Trinajstić information content (AvgIpc) is 1.63. The number of carbonyl (C=O) groups is 17. The van der Waals surface area contributed by atoms with Gasteiger partial charge in [-0.1, -0.05) is 86.9 Å². The number of carboxylic acid groups (broad SMARTS) is 5. The van der Waals surface area contributed by atoms with E-state index in [2.05, 4.69) is 41.9 Å². The number of carbonyl (C=O) groups excluding carboxylic acids is 12. The van der Waals surface area contributed by atoms with Crippen LogP contribution in [0.3, 0.4) is 0 Å². The topological polar surface area (TPSA) is 622 Å². The molecule has 17 N–H and O–H groups in total. The highest BCUT2D eigenvalue weighted by Gasteiger charge is 2.46. The van der Waals surface area contributed by atoms with Crippen molar-refractivity contribution in [2.75, 3.05) is 19.7 Å². The third-order valence-electron chi connectivity index (χ3n) is 19.1. The van der Waals surface area contributed by atoms with Gasteiger partial charge in [-0.3, -0.25) is 81.5 Å². The zero-order valence-electron chi connectivity index (χ0n) is 62.3. The highest BCUT2D eigenvalue weighted by Crippen LogP contribution is 2.28. The Morgan fingerprint density at radius 2 is 0.955 bits per heavy atom. The number of aromatic hydroxyl groups is 2. The summed E-state index contributed by atoms with van der Waals surface area (Å²) in [6.45, 7) is 4.46. The minimum Gasteiger partial charge on any atom is -0.508 e. The van der Waals surface area contributed by atoms with Crippen molar-refractivity contribution in [3.05, 3.63) is 106 Å². The van der Waals surface area contributed by atoms with Crippen LogP contribution in [0.2, 0.25) is 0 Å². The Kier molecular flexibility index (Phi) is 38.3. The normalized spacial score (nSPS) is 16.6. The molecule has 0 aromatic heterocycles. The standard InChI is InChI=1S/C75H99N11O26/c1-5-24-78-69(106)44(25-42-12-16-49(89)17-13-42)29-61(94)56(38-87)82-72(109)47(33-66(102)103)31-60(93)54(21-23-64(98)99)80-73(110)51(39(3)6-2)35-62(95)68(40(4)88)83-74(111)57-34-48(84-85-77)37-86(57)75(112)55(36-67(104)105)81-70(107)45(26-43-14-18-50(90)19-15-43)30-59(92)53(20-22-63(96)97)79-71(108)46(32-65(100)101)28-58(91)52(76)27-41-10-8-7-9-11-41/h7-19,39-40,44-48,51-57,68,87-90H,5-6,20-38,76H2,1-4H3,(H,78,106)(H,79,108)(H,80,110)(H,81,107)(H,82,109)(H,83,111)(H,96,97)(H,98,99)(H,100,101)(H,102,103)(H,104,105)/t39-,40-,44-,45-,46+,47+,48?,51+,52+,53+,54+,55+,56+,57+,68+/m1/s1. The molecule has 1 aliphatic rings. The third-order valence-corrected chi connectivity index (χ3v) is 19.1. The second-order valence-electron chi connectivity index (χ2n) is 27.9. The van der Waals surface area contributed by atoms with E-state index in [0.717, 1.165) is 6.92 Å². The number of phenolic OH excluding ortho intramolecular Hbond substituents is 2. The summed E-state index contributed by atoms with van der Waals surface area (Å²) in [5.74, 6) is -29.4. The molecule has 37 heteroatoms. The number of carboxylic acids is 5. The van der Waals surface area contributed by atoms with Crippen molar-refractivity contribution < 1.29 is 127 Å². The molecule has 4 rings (SSSR count). The predicted octanol–water partition coefficient (Wildman–Crippen LogP) is 1.13. The Morgan fingerprint density at radius 1 is 0.518 bits per heavy atom. The van der Waals surface area contributed by atoms with Crippen LogP contribution in [0.5, 0.6) is 11.5 Å². The highest BCUT2D eigenvalue weighted by molar-refractivity contribution is 6.01. The SMILES string of the molecule is CCCNC(=O)[C@@H](CC(=O)[C@H](CO)NC(=O)[C@H](CC(=O)O)CC(=O)[C@H](CCC(=O)O)NC(=O)[C@@H](CC(=O)[C@@H](NC(=O)[C@@H]1CC(N=[N+]=[N-])CN1C(=O)[C@H](CC(=O)O)NC(=O)[C@@H](CC(=O)[C@H](CCC(=O)O)NC(=O)[C@H](CC(=O)O)CC(=O)[C@@H](N)Cc1ccccc1)Cc1ccc(O)cc1)[C@@H](C)O)[C@H](C)CC)Cc1ccc(O)cc1. The number of azide groups is 1.